The second-order valence-corrected chi connectivity index (χ2v) is 4.02. The Morgan fingerprint density at radius 3 is 2.60 bits per heavy atom. The van der Waals surface area contributed by atoms with E-state index in [-0.39, 0.29) is 0 Å². The average molecular weight is 265 g/mol. The second kappa shape index (κ2) is 4.40. The molecule has 76 valence electrons. The van der Waals surface area contributed by atoms with Gasteiger partial charge in [0, 0.05) is 12.4 Å². The molecule has 1 aromatic carbocycles. The maximum atomic E-state index is 5.47. The van der Waals surface area contributed by atoms with Crippen molar-refractivity contribution in [2.75, 3.05) is 0 Å². The molecule has 1 aromatic heterocycles. The Hall–Kier alpha value is -1.42. The highest BCUT2D eigenvalue weighted by atomic mass is 79.9. The summed E-state index contributed by atoms with van der Waals surface area (Å²) in [5, 5.41) is 0. The van der Waals surface area contributed by atoms with Crippen LogP contribution in [-0.2, 0) is 0 Å². The molecule has 0 radical (unpaired) electrons. The van der Waals surface area contributed by atoms with Crippen LogP contribution in [0.15, 0.2) is 41.1 Å². The van der Waals surface area contributed by atoms with E-state index in [2.05, 4.69) is 25.9 Å². The van der Waals surface area contributed by atoms with Crippen molar-refractivity contribution >= 4 is 15.9 Å². The molecule has 0 amide bonds. The molecule has 0 aliphatic carbocycles. The van der Waals surface area contributed by atoms with Crippen molar-refractivity contribution in [2.45, 2.75) is 6.92 Å². The van der Waals surface area contributed by atoms with Gasteiger partial charge in [-0.15, -0.1) is 0 Å². The normalized spacial score (nSPS) is 10.0. The molecule has 0 unspecified atom stereocenters. The highest BCUT2D eigenvalue weighted by Crippen LogP contribution is 2.18. The van der Waals surface area contributed by atoms with Crippen LogP contribution in [0.25, 0.3) is 0 Å². The molecule has 2 rings (SSSR count). The molecule has 4 heteroatoms. The van der Waals surface area contributed by atoms with E-state index in [0.717, 1.165) is 15.8 Å². The van der Waals surface area contributed by atoms with Gasteiger partial charge in [0.25, 0.3) is 0 Å². The van der Waals surface area contributed by atoms with Gasteiger partial charge >= 0.3 is 6.01 Å². The molecular formula is C11H9BrN2O. The summed E-state index contributed by atoms with van der Waals surface area (Å²) in [7, 11) is 0. The van der Waals surface area contributed by atoms with E-state index >= 15 is 0 Å². The van der Waals surface area contributed by atoms with Gasteiger partial charge in [-0.25, -0.2) is 9.97 Å². The van der Waals surface area contributed by atoms with E-state index in [0.29, 0.717) is 6.01 Å². The van der Waals surface area contributed by atoms with Gasteiger partial charge in [0.2, 0.25) is 0 Å². The number of aryl methyl sites for hydroxylation is 1. The predicted octanol–water partition coefficient (Wildman–Crippen LogP) is 3.34. The van der Waals surface area contributed by atoms with Gasteiger partial charge in [-0.1, -0.05) is 12.1 Å². The van der Waals surface area contributed by atoms with E-state index in [1.165, 1.54) is 0 Å². The highest BCUT2D eigenvalue weighted by Gasteiger charge is 1.99. The van der Waals surface area contributed by atoms with Crippen molar-refractivity contribution in [2.24, 2.45) is 0 Å². The number of benzene rings is 1. The lowest BCUT2D eigenvalue weighted by molar-refractivity contribution is 0.441. The zero-order valence-electron chi connectivity index (χ0n) is 8.14. The Kier molecular flexibility index (Phi) is 2.97. The van der Waals surface area contributed by atoms with Crippen LogP contribution in [0.3, 0.4) is 0 Å². The van der Waals surface area contributed by atoms with Gasteiger partial charge in [-0.2, -0.15) is 0 Å². The topological polar surface area (TPSA) is 35.0 Å². The van der Waals surface area contributed by atoms with Gasteiger partial charge in [-0.3, -0.25) is 0 Å². The fourth-order valence-electron chi connectivity index (χ4n) is 1.14. The number of ether oxygens (including phenoxy) is 1. The summed E-state index contributed by atoms with van der Waals surface area (Å²) < 4.78 is 6.30. The summed E-state index contributed by atoms with van der Waals surface area (Å²) in [5.41, 5.74) is 1.14. The molecule has 0 N–H and O–H groups in total. The Balaban J connectivity index is 2.18. The lowest BCUT2D eigenvalue weighted by Crippen LogP contribution is -1.90. The van der Waals surface area contributed by atoms with E-state index in [9.17, 15) is 0 Å². The third-order valence-corrected chi connectivity index (χ3v) is 2.20. The van der Waals surface area contributed by atoms with Crippen LogP contribution in [0.1, 0.15) is 5.56 Å². The molecule has 0 fully saturated rings. The smallest absolute Gasteiger partial charge is 0.321 e. The van der Waals surface area contributed by atoms with Crippen LogP contribution >= 0.6 is 15.9 Å². The highest BCUT2D eigenvalue weighted by molar-refractivity contribution is 9.10. The molecular weight excluding hydrogens is 256 g/mol. The number of hydrogen-bond donors (Lipinski definition) is 0. The first kappa shape index (κ1) is 10.1. The van der Waals surface area contributed by atoms with Gasteiger partial charge in [0.15, 0.2) is 0 Å². The van der Waals surface area contributed by atoms with Crippen molar-refractivity contribution in [3.05, 3.63) is 46.7 Å². The first-order valence-electron chi connectivity index (χ1n) is 4.46. The number of rotatable bonds is 2. The summed E-state index contributed by atoms with van der Waals surface area (Å²) in [4.78, 5) is 8.05. The largest absolute Gasteiger partial charge is 0.424 e. The van der Waals surface area contributed by atoms with Crippen molar-refractivity contribution in [3.8, 4) is 11.8 Å². The molecule has 2 aromatic rings. The van der Waals surface area contributed by atoms with Gasteiger partial charge in [0.05, 0.1) is 4.47 Å². The Morgan fingerprint density at radius 2 is 1.93 bits per heavy atom. The number of nitrogens with zero attached hydrogens (tertiary/aromatic N) is 2. The van der Waals surface area contributed by atoms with Crippen LogP contribution in [0, 0.1) is 6.92 Å². The lowest BCUT2D eigenvalue weighted by atomic mass is 10.2. The Labute approximate surface area is 96.3 Å². The van der Waals surface area contributed by atoms with Crippen LogP contribution in [0.5, 0.6) is 11.8 Å². The van der Waals surface area contributed by atoms with Crippen LogP contribution in [0.2, 0.25) is 0 Å². The first-order chi connectivity index (χ1) is 7.24. The summed E-state index contributed by atoms with van der Waals surface area (Å²) >= 11 is 3.26. The summed E-state index contributed by atoms with van der Waals surface area (Å²) in [6.07, 6.45) is 3.30. The maximum absolute atomic E-state index is 5.47. The maximum Gasteiger partial charge on any atom is 0.321 e. The second-order valence-electron chi connectivity index (χ2n) is 3.10. The van der Waals surface area contributed by atoms with E-state index < -0.39 is 0 Å². The van der Waals surface area contributed by atoms with Gasteiger partial charge in [-0.05, 0) is 40.5 Å². The fourth-order valence-corrected chi connectivity index (χ4v) is 1.34. The van der Waals surface area contributed by atoms with E-state index in [1.807, 2.05) is 31.2 Å². The molecule has 0 bridgehead atoms. The quantitative estimate of drug-likeness (QED) is 0.835. The molecule has 0 aliphatic rings. The van der Waals surface area contributed by atoms with E-state index in [1.54, 1.807) is 12.4 Å². The molecule has 1 heterocycles. The Morgan fingerprint density at radius 1 is 1.20 bits per heavy atom. The number of aromatic nitrogens is 2. The van der Waals surface area contributed by atoms with Crippen molar-refractivity contribution in [3.63, 3.8) is 0 Å². The molecule has 0 spiro atoms. The van der Waals surface area contributed by atoms with Gasteiger partial charge in [0.1, 0.15) is 5.75 Å². The van der Waals surface area contributed by atoms with Crippen molar-refractivity contribution in [1.29, 1.82) is 0 Å². The first-order valence-corrected chi connectivity index (χ1v) is 5.25. The monoisotopic (exact) mass is 264 g/mol. The molecule has 0 saturated heterocycles. The van der Waals surface area contributed by atoms with Crippen molar-refractivity contribution in [1.82, 2.24) is 9.97 Å². The summed E-state index contributed by atoms with van der Waals surface area (Å²) in [6, 6.07) is 8.10. The van der Waals surface area contributed by atoms with Crippen LogP contribution in [0.4, 0.5) is 0 Å². The average Bonchev–Trinajstić information content (AvgIpc) is 2.22. The fraction of sp³-hybridized carbons (Fsp3) is 0.0909. The standard InChI is InChI=1S/C11H9BrN2O/c1-8-3-2-4-10(5-8)15-11-13-6-9(12)7-14-11/h2-7H,1H3. The van der Waals surface area contributed by atoms with E-state index in [4.69, 9.17) is 4.74 Å². The zero-order chi connectivity index (χ0) is 10.7. The molecule has 3 nitrogen and oxygen atoms in total. The van der Waals surface area contributed by atoms with Crippen LogP contribution < -0.4 is 4.74 Å². The molecule has 0 aliphatic heterocycles. The van der Waals surface area contributed by atoms with Crippen molar-refractivity contribution < 1.29 is 4.74 Å². The third-order valence-electron chi connectivity index (χ3n) is 1.80. The third kappa shape index (κ3) is 2.76. The number of hydrogen-bond acceptors (Lipinski definition) is 3. The minimum absolute atomic E-state index is 0.351. The lowest BCUT2D eigenvalue weighted by Gasteiger charge is -2.03. The van der Waals surface area contributed by atoms with Crippen LogP contribution in [-0.4, -0.2) is 9.97 Å². The molecule has 0 atom stereocenters. The molecule has 15 heavy (non-hydrogen) atoms. The number of halogens is 1. The van der Waals surface area contributed by atoms with Gasteiger partial charge < -0.3 is 4.74 Å². The Bertz CT molecular complexity index is 456. The minimum atomic E-state index is 0.351. The summed E-state index contributed by atoms with van der Waals surface area (Å²) in [6.45, 7) is 2.01. The molecule has 0 saturated carbocycles. The minimum Gasteiger partial charge on any atom is -0.424 e. The SMILES string of the molecule is Cc1cccc(Oc2ncc(Br)cn2)c1. The predicted molar refractivity (Wildman–Crippen MR) is 61.0 cm³/mol. The summed E-state index contributed by atoms with van der Waals surface area (Å²) in [5.74, 6) is 0.748. The zero-order valence-corrected chi connectivity index (χ0v) is 9.73.